The first kappa shape index (κ1) is 23.4. The van der Waals surface area contributed by atoms with E-state index in [0.29, 0.717) is 10.7 Å². The number of esters is 1. The van der Waals surface area contributed by atoms with Crippen LogP contribution in [0.15, 0.2) is 0 Å². The number of amides is 1. The molecule has 0 aromatic heterocycles. The van der Waals surface area contributed by atoms with E-state index in [-0.39, 0.29) is 18.6 Å². The van der Waals surface area contributed by atoms with Crippen LogP contribution in [0, 0.1) is 0 Å². The average molecular weight is 499 g/mol. The highest BCUT2D eigenvalue weighted by Gasteiger charge is 2.30. The van der Waals surface area contributed by atoms with E-state index in [1.807, 2.05) is 6.92 Å². The maximum Gasteiger partial charge on any atom is 0.424 e. The fraction of sp³-hybridized carbons (Fsp3) is 0.833. The molecule has 142 valence electrons. The summed E-state index contributed by atoms with van der Waals surface area (Å²) < 4.78 is 55.8. The van der Waals surface area contributed by atoms with Crippen molar-refractivity contribution in [3.63, 3.8) is 0 Å². The highest BCUT2D eigenvalue weighted by Crippen LogP contribution is 2.12. The number of carbonyl (C=O) groups excluding carboxylic acids is 2. The molecule has 0 aromatic rings. The van der Waals surface area contributed by atoms with E-state index in [9.17, 15) is 26.4 Å². The lowest BCUT2D eigenvalue weighted by Crippen LogP contribution is -2.39. The zero-order valence-electron chi connectivity index (χ0n) is 13.7. The third-order valence-corrected chi connectivity index (χ3v) is 6.88. The van der Waals surface area contributed by atoms with E-state index in [1.165, 1.54) is 21.2 Å². The fourth-order valence-electron chi connectivity index (χ4n) is 1.61. The van der Waals surface area contributed by atoms with Gasteiger partial charge in [-0.05, 0) is 19.3 Å². The maximum atomic E-state index is 12.0. The van der Waals surface area contributed by atoms with Crippen LogP contribution >= 0.6 is 21.2 Å². The lowest BCUT2D eigenvalue weighted by atomic mass is 10.1. The zero-order valence-corrected chi connectivity index (χ0v) is 17.5. The number of rotatable bonds is 10. The van der Waals surface area contributed by atoms with Gasteiger partial charge in [0.25, 0.3) is 0 Å². The largest absolute Gasteiger partial charge is 0.466 e. The number of hydrogen-bond donors (Lipinski definition) is 0. The van der Waals surface area contributed by atoms with Crippen molar-refractivity contribution in [3.05, 3.63) is 0 Å². The number of hydrogen-bond acceptors (Lipinski definition) is 8. The Morgan fingerprint density at radius 3 is 2.17 bits per heavy atom. The summed E-state index contributed by atoms with van der Waals surface area (Å²) in [5.41, 5.74) is 0. The number of halogens is 1. The van der Waals surface area contributed by atoms with Gasteiger partial charge in [-0.2, -0.15) is 0 Å². The van der Waals surface area contributed by atoms with Gasteiger partial charge < -0.3 is 9.47 Å². The molecule has 9 nitrogen and oxygen atoms in total. The molecule has 1 unspecified atom stereocenters. The molecule has 0 fully saturated rings. The molecule has 12 heteroatoms. The van der Waals surface area contributed by atoms with Crippen molar-refractivity contribution in [2.24, 2.45) is 0 Å². The van der Waals surface area contributed by atoms with Crippen molar-refractivity contribution < 1.29 is 35.9 Å². The molecule has 0 rings (SSSR count). The number of nitrogens with zero attached hydrogens (tertiary/aromatic N) is 1. The molecular formula is C12H22INO8S2. The molecule has 0 aliphatic heterocycles. The summed E-state index contributed by atoms with van der Waals surface area (Å²) in [6.07, 6.45) is -0.980. The Bertz CT molecular complexity index is 631. The van der Waals surface area contributed by atoms with E-state index in [4.69, 9.17) is 4.74 Å². The molecule has 0 bridgehead atoms. The summed E-state index contributed by atoms with van der Waals surface area (Å²) in [6, 6.07) is 0. The molecule has 0 N–H and O–H groups in total. The summed E-state index contributed by atoms with van der Waals surface area (Å²) >= 11 is 1.22. The minimum Gasteiger partial charge on any atom is -0.466 e. The van der Waals surface area contributed by atoms with Gasteiger partial charge >= 0.3 is 12.1 Å². The van der Waals surface area contributed by atoms with Crippen molar-refractivity contribution in [2.75, 3.05) is 25.7 Å². The molecule has 0 heterocycles. The van der Waals surface area contributed by atoms with Crippen molar-refractivity contribution in [3.8, 4) is 0 Å². The molecule has 24 heavy (non-hydrogen) atoms. The van der Waals surface area contributed by atoms with Crippen molar-refractivity contribution in [1.82, 2.24) is 4.31 Å². The standard InChI is InChI=1S/C12H22INO8S2/c1-4-5-7-10(11(15)21-3)22-12(16)14(2)24(19,20)9-6-8-23(13,17)18/h10H,4-9H2,1-3H3. The first-order valence-corrected chi connectivity index (χ1v) is 12.9. The van der Waals surface area contributed by atoms with E-state index in [2.05, 4.69) is 4.74 Å². The minimum absolute atomic E-state index is 0.151. The van der Waals surface area contributed by atoms with Crippen LogP contribution in [-0.2, 0) is 31.3 Å². The van der Waals surface area contributed by atoms with Gasteiger partial charge in [0.2, 0.25) is 23.1 Å². The Balaban J connectivity index is 4.83. The lowest BCUT2D eigenvalue weighted by molar-refractivity contribution is -0.151. The quantitative estimate of drug-likeness (QED) is 0.250. The van der Waals surface area contributed by atoms with E-state index >= 15 is 0 Å². The Morgan fingerprint density at radius 2 is 1.71 bits per heavy atom. The van der Waals surface area contributed by atoms with Crippen LogP contribution in [0.5, 0.6) is 0 Å². The van der Waals surface area contributed by atoms with Gasteiger partial charge in [-0.1, -0.05) is 13.3 Å². The molecular weight excluding hydrogens is 477 g/mol. The lowest BCUT2D eigenvalue weighted by Gasteiger charge is -2.21. The van der Waals surface area contributed by atoms with Crippen LogP contribution in [0.3, 0.4) is 0 Å². The Labute approximate surface area is 154 Å². The van der Waals surface area contributed by atoms with Crippen molar-refractivity contribution in [2.45, 2.75) is 38.7 Å². The van der Waals surface area contributed by atoms with Crippen molar-refractivity contribution >= 4 is 50.3 Å². The first-order chi connectivity index (χ1) is 10.9. The summed E-state index contributed by atoms with van der Waals surface area (Å²) in [6.45, 7) is 1.88. The topological polar surface area (TPSA) is 124 Å². The van der Waals surface area contributed by atoms with Gasteiger partial charge in [0, 0.05) is 7.05 Å². The first-order valence-electron chi connectivity index (χ1n) is 7.12. The molecule has 1 amide bonds. The highest BCUT2D eigenvalue weighted by molar-refractivity contribution is 14.2. The fourth-order valence-corrected chi connectivity index (χ4v) is 4.27. The molecule has 0 aromatic carbocycles. The Hall–Kier alpha value is -0.630. The molecule has 1 atom stereocenters. The number of methoxy groups -OCH3 is 1. The van der Waals surface area contributed by atoms with Gasteiger partial charge in [0.15, 0.2) is 0 Å². The molecule has 0 saturated carbocycles. The monoisotopic (exact) mass is 499 g/mol. The molecule has 0 radical (unpaired) electrons. The third-order valence-electron chi connectivity index (χ3n) is 2.99. The molecule has 0 aliphatic carbocycles. The van der Waals surface area contributed by atoms with Gasteiger partial charge in [0.05, 0.1) is 39.8 Å². The summed E-state index contributed by atoms with van der Waals surface area (Å²) in [7, 11) is -5.24. The highest BCUT2D eigenvalue weighted by atomic mass is 127. The zero-order chi connectivity index (χ0) is 19.0. The van der Waals surface area contributed by atoms with E-state index in [0.717, 1.165) is 20.6 Å². The van der Waals surface area contributed by atoms with Crippen LogP contribution < -0.4 is 0 Å². The van der Waals surface area contributed by atoms with Gasteiger partial charge in [-0.3, -0.25) is 0 Å². The average Bonchev–Trinajstić information content (AvgIpc) is 2.47. The second-order valence-corrected chi connectivity index (χ2v) is 12.5. The normalized spacial score (nSPS) is 13.2. The smallest absolute Gasteiger partial charge is 0.424 e. The van der Waals surface area contributed by atoms with Crippen LogP contribution in [0.25, 0.3) is 0 Å². The summed E-state index contributed by atoms with van der Waals surface area (Å²) in [5, 5.41) is 0. The summed E-state index contributed by atoms with van der Waals surface area (Å²) in [4.78, 5) is 23.5. The van der Waals surface area contributed by atoms with E-state index < -0.39 is 41.0 Å². The number of unbranched alkanes of at least 4 members (excludes halogenated alkanes) is 1. The Morgan fingerprint density at radius 1 is 1.12 bits per heavy atom. The summed E-state index contributed by atoms with van der Waals surface area (Å²) in [5.74, 6) is -1.62. The van der Waals surface area contributed by atoms with Crippen LogP contribution in [-0.4, -0.2) is 65.0 Å². The second kappa shape index (κ2) is 10.4. The number of sulfonamides is 1. The van der Waals surface area contributed by atoms with Crippen molar-refractivity contribution in [1.29, 1.82) is 0 Å². The number of ether oxygens (including phenoxy) is 2. The second-order valence-electron chi connectivity index (χ2n) is 4.92. The molecule has 0 aliphatic rings. The van der Waals surface area contributed by atoms with Gasteiger partial charge in [0.1, 0.15) is 0 Å². The van der Waals surface area contributed by atoms with E-state index in [1.54, 1.807) is 0 Å². The number of carbonyl (C=O) groups is 2. The van der Waals surface area contributed by atoms with Crippen LogP contribution in [0.1, 0.15) is 32.6 Å². The predicted molar refractivity (Wildman–Crippen MR) is 95.8 cm³/mol. The van der Waals surface area contributed by atoms with Crippen LogP contribution in [0.4, 0.5) is 4.79 Å². The van der Waals surface area contributed by atoms with Gasteiger partial charge in [-0.15, -0.1) is 0 Å². The third kappa shape index (κ3) is 9.01. The van der Waals surface area contributed by atoms with Gasteiger partial charge in [-0.25, -0.2) is 30.7 Å². The SMILES string of the molecule is CCCCC(OC(=O)N(C)S(=O)(=O)CCCS(=O)(=O)I)C(=O)OC. The van der Waals surface area contributed by atoms with Crippen LogP contribution in [0.2, 0.25) is 0 Å². The molecule has 0 spiro atoms. The molecule has 0 saturated heterocycles. The maximum absolute atomic E-state index is 12.0. The Kier molecular flexibility index (Phi) is 10.1. The minimum atomic E-state index is -4.04. The predicted octanol–water partition coefficient (Wildman–Crippen LogP) is 1.27.